The van der Waals surface area contributed by atoms with Gasteiger partial charge in [-0.1, -0.05) is 29.8 Å². The summed E-state index contributed by atoms with van der Waals surface area (Å²) in [4.78, 5) is 15.8. The lowest BCUT2D eigenvalue weighted by molar-refractivity contribution is -0.120. The van der Waals surface area contributed by atoms with Crippen molar-refractivity contribution < 1.29 is 15.3 Å². The Balaban J connectivity index is 0.000000215. The minimum absolute atomic E-state index is 0. The number of rotatable bonds is 5. The highest BCUT2D eigenvalue weighted by molar-refractivity contribution is 5.83. The van der Waals surface area contributed by atoms with Gasteiger partial charge in [-0.3, -0.25) is 4.79 Å². The molecule has 2 aliphatic heterocycles. The molecule has 32 heavy (non-hydrogen) atoms. The van der Waals surface area contributed by atoms with Crippen LogP contribution in [0.5, 0.6) is 5.75 Å². The minimum Gasteiger partial charge on any atom is -0.493 e. The Kier molecular flexibility index (Phi) is 7.17. The number of carbonyl (C=O) groups excluding carboxylic acids is 1. The zero-order chi connectivity index (χ0) is 22.3. The summed E-state index contributed by atoms with van der Waals surface area (Å²) in [5.41, 5.74) is 4.60. The predicted molar refractivity (Wildman–Crippen MR) is 123 cm³/mol. The van der Waals surface area contributed by atoms with Gasteiger partial charge in [0.15, 0.2) is 0 Å². The number of aromatic nitrogens is 2. The summed E-state index contributed by atoms with van der Waals surface area (Å²) in [6.45, 7) is 5.07. The second kappa shape index (κ2) is 10.4. The summed E-state index contributed by atoms with van der Waals surface area (Å²) in [5, 5.41) is 6.13. The molecule has 0 aliphatic carbocycles. The molecule has 3 heterocycles. The second-order valence-corrected chi connectivity index (χ2v) is 8.22. The summed E-state index contributed by atoms with van der Waals surface area (Å²) in [5.74, 6) is 0.770. The number of nitrogens with zero attached hydrogens (tertiary/aromatic N) is 2. The molecular weight excluding hydrogens is 407 g/mol. The fourth-order valence-electron chi connectivity index (χ4n) is 3.87. The quantitative estimate of drug-likeness (QED) is 0.639. The van der Waals surface area contributed by atoms with Crippen LogP contribution in [-0.2, 0) is 24.3 Å². The van der Waals surface area contributed by atoms with E-state index in [1.165, 1.54) is 17.2 Å². The van der Waals surface area contributed by atoms with Gasteiger partial charge in [0.05, 0.1) is 24.7 Å². The average Bonchev–Trinajstić information content (AvgIpc) is 3.42. The Labute approximate surface area is 189 Å². The molecule has 0 unspecified atom stereocenters. The van der Waals surface area contributed by atoms with Crippen molar-refractivity contribution in [3.8, 4) is 5.75 Å². The van der Waals surface area contributed by atoms with Gasteiger partial charge in [-0.25, -0.2) is 9.37 Å². The van der Waals surface area contributed by atoms with Crippen LogP contribution in [0.25, 0.3) is 0 Å². The molecule has 3 aromatic rings. The number of carbonyl (C=O) groups is 1. The third kappa shape index (κ3) is 5.73. The number of amides is 1. The van der Waals surface area contributed by atoms with Crippen LogP contribution in [0.2, 0.25) is 0 Å². The van der Waals surface area contributed by atoms with Crippen LogP contribution in [0.4, 0.5) is 4.39 Å². The van der Waals surface area contributed by atoms with Crippen LogP contribution in [0.1, 0.15) is 36.7 Å². The van der Waals surface area contributed by atoms with Gasteiger partial charge in [-0.2, -0.15) is 0 Å². The number of aryl methyl sites for hydroxylation is 2. The Bertz CT molecular complexity index is 1050. The Hall–Kier alpha value is -3.19. The molecule has 0 bridgehead atoms. The van der Waals surface area contributed by atoms with E-state index in [4.69, 9.17) is 4.74 Å². The maximum Gasteiger partial charge on any atom is 0.237 e. The molecule has 0 spiro atoms. The molecule has 1 saturated heterocycles. The molecular formula is C25H31FN4O2. The molecule has 2 aliphatic rings. The third-order valence-corrected chi connectivity index (χ3v) is 5.72. The van der Waals surface area contributed by atoms with E-state index in [0.717, 1.165) is 56.0 Å². The van der Waals surface area contributed by atoms with Crippen molar-refractivity contribution in [2.24, 2.45) is 0 Å². The van der Waals surface area contributed by atoms with E-state index >= 15 is 0 Å². The lowest BCUT2D eigenvalue weighted by atomic mass is 10.1. The van der Waals surface area contributed by atoms with Crippen LogP contribution < -0.4 is 15.4 Å². The van der Waals surface area contributed by atoms with E-state index in [2.05, 4.69) is 51.4 Å². The number of nitrogens with one attached hydrogen (secondary N) is 2. The fraction of sp³-hybridized carbons (Fsp3) is 0.360. The number of fused-ring (bicyclic) bond motifs is 1. The molecule has 1 atom stereocenters. The molecule has 6 nitrogen and oxygen atoms in total. The van der Waals surface area contributed by atoms with Crippen LogP contribution in [0.3, 0.4) is 0 Å². The third-order valence-electron chi connectivity index (χ3n) is 5.72. The van der Waals surface area contributed by atoms with Crippen molar-refractivity contribution in [1.29, 1.82) is 0 Å². The standard InChI is InChI=1S/C16H20N4O.C9H9FO.H2/c1-12-2-4-13(5-3-12)10-20-11-17-8-14(20)9-19-15-6-7-18-16(15)21;10-8-3-4-9-7(6-8)2-1-5-11-9;/h2-5,8,11,15,19H,6-7,9-10H2,1H3,(H,18,21);3-4,6H,1-2,5H2;1H/t15-;;/m0../s1. The van der Waals surface area contributed by atoms with E-state index in [1.807, 2.05) is 12.5 Å². The Morgan fingerprint density at radius 2 is 2.12 bits per heavy atom. The average molecular weight is 439 g/mol. The maximum atomic E-state index is 12.6. The number of hydrogen-bond acceptors (Lipinski definition) is 4. The van der Waals surface area contributed by atoms with E-state index in [1.54, 1.807) is 12.1 Å². The van der Waals surface area contributed by atoms with Crippen molar-refractivity contribution in [3.05, 3.63) is 83.2 Å². The predicted octanol–water partition coefficient (Wildman–Crippen LogP) is 3.61. The summed E-state index contributed by atoms with van der Waals surface area (Å²) < 4.78 is 20.1. The molecule has 7 heteroatoms. The van der Waals surface area contributed by atoms with Crippen molar-refractivity contribution in [2.45, 2.75) is 45.3 Å². The van der Waals surface area contributed by atoms with E-state index in [0.29, 0.717) is 6.54 Å². The van der Waals surface area contributed by atoms with E-state index in [-0.39, 0.29) is 19.2 Å². The largest absolute Gasteiger partial charge is 0.493 e. The highest BCUT2D eigenvalue weighted by Gasteiger charge is 2.23. The topological polar surface area (TPSA) is 68.2 Å². The molecule has 2 N–H and O–H groups in total. The normalized spacial score (nSPS) is 17.1. The molecule has 0 saturated carbocycles. The molecule has 170 valence electrons. The summed E-state index contributed by atoms with van der Waals surface area (Å²) in [6.07, 6.45) is 6.48. The monoisotopic (exact) mass is 438 g/mol. The van der Waals surface area contributed by atoms with Crippen LogP contribution in [-0.4, -0.2) is 34.7 Å². The number of halogens is 1. The van der Waals surface area contributed by atoms with Crippen LogP contribution in [0, 0.1) is 12.7 Å². The van der Waals surface area contributed by atoms with Crippen LogP contribution in [0.15, 0.2) is 55.0 Å². The zero-order valence-corrected chi connectivity index (χ0v) is 18.3. The fourth-order valence-corrected chi connectivity index (χ4v) is 3.87. The van der Waals surface area contributed by atoms with Gasteiger partial charge in [0.2, 0.25) is 5.91 Å². The lowest BCUT2D eigenvalue weighted by Gasteiger charge is -2.16. The summed E-state index contributed by atoms with van der Waals surface area (Å²) in [6, 6.07) is 13.1. The van der Waals surface area contributed by atoms with E-state index in [9.17, 15) is 9.18 Å². The van der Waals surface area contributed by atoms with Gasteiger partial charge in [0.1, 0.15) is 11.6 Å². The lowest BCUT2D eigenvalue weighted by Crippen LogP contribution is -2.36. The molecule has 1 amide bonds. The van der Waals surface area contributed by atoms with Gasteiger partial charge in [-0.05, 0) is 55.5 Å². The maximum absolute atomic E-state index is 12.6. The first kappa shape index (κ1) is 22.0. The molecule has 0 radical (unpaired) electrons. The zero-order valence-electron chi connectivity index (χ0n) is 18.3. The van der Waals surface area contributed by atoms with Crippen molar-refractivity contribution in [2.75, 3.05) is 13.2 Å². The Morgan fingerprint density at radius 1 is 1.28 bits per heavy atom. The highest BCUT2D eigenvalue weighted by atomic mass is 19.1. The first-order valence-electron chi connectivity index (χ1n) is 11.1. The Morgan fingerprint density at radius 3 is 2.91 bits per heavy atom. The van der Waals surface area contributed by atoms with Gasteiger partial charge in [-0.15, -0.1) is 0 Å². The summed E-state index contributed by atoms with van der Waals surface area (Å²) >= 11 is 0. The number of ether oxygens (including phenoxy) is 1. The molecule has 2 aromatic carbocycles. The van der Waals surface area contributed by atoms with Gasteiger partial charge in [0.25, 0.3) is 0 Å². The van der Waals surface area contributed by atoms with Crippen LogP contribution >= 0.6 is 0 Å². The highest BCUT2D eigenvalue weighted by Crippen LogP contribution is 2.24. The number of imidazole rings is 1. The van der Waals surface area contributed by atoms with Gasteiger partial charge in [0, 0.05) is 27.3 Å². The van der Waals surface area contributed by atoms with Gasteiger partial charge >= 0.3 is 0 Å². The second-order valence-electron chi connectivity index (χ2n) is 8.22. The minimum atomic E-state index is -0.172. The molecule has 5 rings (SSSR count). The van der Waals surface area contributed by atoms with E-state index < -0.39 is 0 Å². The first-order chi connectivity index (χ1) is 15.6. The molecule has 1 aromatic heterocycles. The number of hydrogen-bond donors (Lipinski definition) is 2. The SMILES string of the molecule is Cc1ccc(Cn2cncc2CN[C@H]2CCNC2=O)cc1.Fc1ccc2c(c1)CCCO2.[HH]. The molecule has 1 fully saturated rings. The van der Waals surface area contributed by atoms with Crippen molar-refractivity contribution in [3.63, 3.8) is 0 Å². The van der Waals surface area contributed by atoms with Gasteiger partial charge < -0.3 is 19.9 Å². The smallest absolute Gasteiger partial charge is 0.237 e. The summed E-state index contributed by atoms with van der Waals surface area (Å²) in [7, 11) is 0. The first-order valence-corrected chi connectivity index (χ1v) is 11.1. The van der Waals surface area contributed by atoms with Crippen molar-refractivity contribution in [1.82, 2.24) is 20.2 Å². The number of benzene rings is 2. The van der Waals surface area contributed by atoms with Crippen molar-refractivity contribution >= 4 is 5.91 Å².